The zero-order valence-corrected chi connectivity index (χ0v) is 12.0. The Morgan fingerprint density at radius 2 is 1.68 bits per heavy atom. The van der Waals surface area contributed by atoms with Gasteiger partial charge < -0.3 is 5.32 Å². The van der Waals surface area contributed by atoms with Gasteiger partial charge in [-0.3, -0.25) is 9.29 Å². The summed E-state index contributed by atoms with van der Waals surface area (Å²) in [5, 5.41) is 3.35. The van der Waals surface area contributed by atoms with Gasteiger partial charge in [0.2, 0.25) is 0 Å². The van der Waals surface area contributed by atoms with E-state index in [1.807, 2.05) is 0 Å². The van der Waals surface area contributed by atoms with E-state index in [1.54, 1.807) is 0 Å². The summed E-state index contributed by atoms with van der Waals surface area (Å²) in [6, 6.07) is 8.96. The number of piperazine rings is 1. The van der Waals surface area contributed by atoms with Gasteiger partial charge in [-0.25, -0.2) is 0 Å². The molecule has 1 saturated heterocycles. The van der Waals surface area contributed by atoms with Crippen LogP contribution in [0.1, 0.15) is 43.4 Å². The Hall–Kier alpha value is -0.930. The van der Waals surface area contributed by atoms with E-state index in [0.717, 1.165) is 26.2 Å². The van der Waals surface area contributed by atoms with Crippen LogP contribution in [0, 0.1) is 0 Å². The summed E-state index contributed by atoms with van der Waals surface area (Å²) in [6.45, 7) is 8.18. The van der Waals surface area contributed by atoms with Gasteiger partial charge in [-0.2, -0.15) is 0 Å². The predicted molar refractivity (Wildman–Crippen MR) is 78.3 cm³/mol. The quantitative estimate of drug-likeness (QED) is 0.879. The van der Waals surface area contributed by atoms with Crippen molar-refractivity contribution in [2.45, 2.75) is 32.2 Å². The Morgan fingerprint density at radius 3 is 2.21 bits per heavy atom. The molecule has 2 nitrogen and oxygen atoms in total. The molecule has 1 aromatic rings. The predicted octanol–water partition coefficient (Wildman–Crippen LogP) is 3.12. The average molecular weight is 264 g/mol. The van der Waals surface area contributed by atoms with E-state index in [-0.39, 0.29) is 12.7 Å². The molecule has 0 aliphatic carbocycles. The summed E-state index contributed by atoms with van der Waals surface area (Å²) in [5.41, 5.74) is 2.60. The fourth-order valence-corrected chi connectivity index (χ4v) is 2.76. The molecule has 0 aromatic heterocycles. The van der Waals surface area contributed by atoms with E-state index >= 15 is 0 Å². The highest BCUT2D eigenvalue weighted by atomic mass is 19.1. The summed E-state index contributed by atoms with van der Waals surface area (Å²) in [5.74, 6) is 0.549. The van der Waals surface area contributed by atoms with Gasteiger partial charge >= 0.3 is 0 Å². The summed E-state index contributed by atoms with van der Waals surface area (Å²) >= 11 is 0. The Morgan fingerprint density at radius 1 is 1.11 bits per heavy atom. The van der Waals surface area contributed by atoms with E-state index in [1.165, 1.54) is 11.1 Å². The van der Waals surface area contributed by atoms with Crippen LogP contribution in [0.25, 0.3) is 0 Å². The number of hydrogen-bond donors (Lipinski definition) is 1. The fraction of sp³-hybridized carbons (Fsp3) is 0.625. The van der Waals surface area contributed by atoms with Crippen molar-refractivity contribution in [2.24, 2.45) is 0 Å². The molecule has 0 amide bonds. The Kier molecular flexibility index (Phi) is 5.34. The summed E-state index contributed by atoms with van der Waals surface area (Å²) in [6.07, 6.45) is 0.598. The van der Waals surface area contributed by atoms with Crippen LogP contribution < -0.4 is 5.32 Å². The van der Waals surface area contributed by atoms with Crippen molar-refractivity contribution in [1.82, 2.24) is 10.2 Å². The molecule has 1 atom stereocenters. The van der Waals surface area contributed by atoms with Crippen molar-refractivity contribution in [3.8, 4) is 0 Å². The molecule has 0 unspecified atom stereocenters. The Balaban J connectivity index is 2.13. The van der Waals surface area contributed by atoms with Crippen molar-refractivity contribution in [3.05, 3.63) is 35.4 Å². The van der Waals surface area contributed by atoms with Crippen molar-refractivity contribution in [2.75, 3.05) is 32.9 Å². The van der Waals surface area contributed by atoms with E-state index < -0.39 is 0 Å². The van der Waals surface area contributed by atoms with E-state index in [2.05, 4.69) is 48.3 Å². The standard InChI is InChI=1S/C16H25FN2/c1-13(2)14-3-5-15(6-4-14)16(7-8-17)19-11-9-18-10-12-19/h3-6,13,16,18H,7-12H2,1-2H3/t16-/m1/s1. The maximum absolute atomic E-state index is 12.8. The number of benzene rings is 1. The minimum Gasteiger partial charge on any atom is -0.314 e. The fourth-order valence-electron chi connectivity index (χ4n) is 2.76. The second-order valence-corrected chi connectivity index (χ2v) is 5.60. The molecule has 0 spiro atoms. The lowest BCUT2D eigenvalue weighted by Crippen LogP contribution is -2.45. The number of nitrogens with zero attached hydrogens (tertiary/aromatic N) is 1. The van der Waals surface area contributed by atoms with E-state index in [9.17, 15) is 4.39 Å². The Labute approximate surface area is 116 Å². The van der Waals surface area contributed by atoms with E-state index in [4.69, 9.17) is 0 Å². The number of hydrogen-bond acceptors (Lipinski definition) is 2. The molecule has 2 rings (SSSR count). The summed E-state index contributed by atoms with van der Waals surface area (Å²) in [7, 11) is 0. The van der Waals surface area contributed by atoms with Gasteiger partial charge in [0.25, 0.3) is 0 Å². The summed E-state index contributed by atoms with van der Waals surface area (Å²) in [4.78, 5) is 2.40. The molecule has 1 heterocycles. The van der Waals surface area contributed by atoms with Crippen molar-refractivity contribution in [1.29, 1.82) is 0 Å². The van der Waals surface area contributed by atoms with Gasteiger partial charge in [0.15, 0.2) is 0 Å². The molecule has 1 N–H and O–H groups in total. The van der Waals surface area contributed by atoms with Crippen LogP contribution in [0.15, 0.2) is 24.3 Å². The first-order valence-corrected chi connectivity index (χ1v) is 7.33. The van der Waals surface area contributed by atoms with Gasteiger partial charge in [-0.05, 0) is 23.5 Å². The molecule has 1 aliphatic rings. The van der Waals surface area contributed by atoms with Gasteiger partial charge in [-0.1, -0.05) is 38.1 Å². The molecular formula is C16H25FN2. The lowest BCUT2D eigenvalue weighted by atomic mass is 9.97. The normalized spacial score (nSPS) is 18.7. The van der Waals surface area contributed by atoms with Crippen LogP contribution in [0.2, 0.25) is 0 Å². The van der Waals surface area contributed by atoms with Crippen LogP contribution in [-0.2, 0) is 0 Å². The number of halogens is 1. The lowest BCUT2D eigenvalue weighted by Gasteiger charge is -2.35. The van der Waals surface area contributed by atoms with Crippen LogP contribution in [-0.4, -0.2) is 37.8 Å². The minimum absolute atomic E-state index is 0.230. The minimum atomic E-state index is -0.249. The van der Waals surface area contributed by atoms with Crippen molar-refractivity contribution >= 4 is 0 Å². The van der Waals surface area contributed by atoms with Gasteiger partial charge in [0, 0.05) is 32.2 Å². The first-order chi connectivity index (χ1) is 9.22. The average Bonchev–Trinajstić information content (AvgIpc) is 2.46. The Bertz CT molecular complexity index is 369. The largest absolute Gasteiger partial charge is 0.314 e. The highest BCUT2D eigenvalue weighted by Crippen LogP contribution is 2.26. The van der Waals surface area contributed by atoms with Crippen LogP contribution >= 0.6 is 0 Å². The number of alkyl halides is 1. The molecule has 1 aromatic carbocycles. The molecular weight excluding hydrogens is 239 g/mol. The molecule has 19 heavy (non-hydrogen) atoms. The molecule has 0 bridgehead atoms. The third kappa shape index (κ3) is 3.77. The maximum Gasteiger partial charge on any atom is 0.0912 e. The molecule has 0 radical (unpaired) electrons. The molecule has 1 aliphatic heterocycles. The second-order valence-electron chi connectivity index (χ2n) is 5.60. The summed E-state index contributed by atoms with van der Waals surface area (Å²) < 4.78 is 12.8. The van der Waals surface area contributed by atoms with Crippen LogP contribution in [0.4, 0.5) is 4.39 Å². The number of rotatable bonds is 5. The van der Waals surface area contributed by atoms with Crippen LogP contribution in [0.3, 0.4) is 0 Å². The highest BCUT2D eigenvalue weighted by Gasteiger charge is 2.21. The monoisotopic (exact) mass is 264 g/mol. The van der Waals surface area contributed by atoms with Crippen molar-refractivity contribution in [3.63, 3.8) is 0 Å². The third-order valence-corrected chi connectivity index (χ3v) is 3.96. The number of nitrogens with one attached hydrogen (secondary N) is 1. The van der Waals surface area contributed by atoms with Crippen LogP contribution in [0.5, 0.6) is 0 Å². The lowest BCUT2D eigenvalue weighted by molar-refractivity contribution is 0.157. The molecule has 1 fully saturated rings. The third-order valence-electron chi connectivity index (χ3n) is 3.96. The molecule has 106 valence electrons. The molecule has 0 saturated carbocycles. The zero-order chi connectivity index (χ0) is 13.7. The van der Waals surface area contributed by atoms with E-state index in [0.29, 0.717) is 12.3 Å². The second kappa shape index (κ2) is 7.01. The first kappa shape index (κ1) is 14.5. The highest BCUT2D eigenvalue weighted by molar-refractivity contribution is 5.27. The topological polar surface area (TPSA) is 15.3 Å². The SMILES string of the molecule is CC(C)c1ccc([C@@H](CCF)N2CCNCC2)cc1. The van der Waals surface area contributed by atoms with Gasteiger partial charge in [-0.15, -0.1) is 0 Å². The first-order valence-electron chi connectivity index (χ1n) is 7.33. The molecule has 3 heteroatoms. The zero-order valence-electron chi connectivity index (χ0n) is 12.0. The van der Waals surface area contributed by atoms with Gasteiger partial charge in [0.1, 0.15) is 0 Å². The smallest absolute Gasteiger partial charge is 0.0912 e. The maximum atomic E-state index is 12.8. The van der Waals surface area contributed by atoms with Gasteiger partial charge in [0.05, 0.1) is 6.67 Å². The van der Waals surface area contributed by atoms with Crippen molar-refractivity contribution < 1.29 is 4.39 Å².